The summed E-state index contributed by atoms with van der Waals surface area (Å²) in [6, 6.07) is 7.37. The summed E-state index contributed by atoms with van der Waals surface area (Å²) in [5.74, 6) is -0.799. The van der Waals surface area contributed by atoms with E-state index in [1.54, 1.807) is 26.0 Å². The predicted octanol–water partition coefficient (Wildman–Crippen LogP) is 2.62. The van der Waals surface area contributed by atoms with Crippen LogP contribution in [-0.4, -0.2) is 11.8 Å². The highest BCUT2D eigenvalue weighted by Crippen LogP contribution is 2.34. The standard InChI is InChI=1S/C15H14O3/c1-10(2)14(17)18-15(3)12-7-5-4-6-11(12)8-9-13(15)16/h4-9H,1H2,2-3H3. The first-order chi connectivity index (χ1) is 8.45. The van der Waals surface area contributed by atoms with Crippen LogP contribution in [-0.2, 0) is 19.9 Å². The van der Waals surface area contributed by atoms with Crippen molar-refractivity contribution in [3.63, 3.8) is 0 Å². The molecule has 18 heavy (non-hydrogen) atoms. The number of ketones is 1. The zero-order valence-corrected chi connectivity index (χ0v) is 10.4. The highest BCUT2D eigenvalue weighted by atomic mass is 16.6. The van der Waals surface area contributed by atoms with Crippen LogP contribution in [0.25, 0.3) is 6.08 Å². The summed E-state index contributed by atoms with van der Waals surface area (Å²) in [5, 5.41) is 0. The summed E-state index contributed by atoms with van der Waals surface area (Å²) in [6.45, 7) is 6.69. The molecule has 1 atom stereocenters. The van der Waals surface area contributed by atoms with Crippen LogP contribution in [0, 0.1) is 0 Å². The Hall–Kier alpha value is -2.16. The molecule has 0 spiro atoms. The highest BCUT2D eigenvalue weighted by Gasteiger charge is 2.41. The average Bonchev–Trinajstić information content (AvgIpc) is 2.34. The topological polar surface area (TPSA) is 43.4 Å². The lowest BCUT2D eigenvalue weighted by molar-refractivity contribution is -0.161. The quantitative estimate of drug-likeness (QED) is 0.591. The van der Waals surface area contributed by atoms with Gasteiger partial charge in [0.1, 0.15) is 0 Å². The van der Waals surface area contributed by atoms with E-state index in [4.69, 9.17) is 4.74 Å². The van der Waals surface area contributed by atoms with Gasteiger partial charge >= 0.3 is 5.97 Å². The van der Waals surface area contributed by atoms with E-state index in [1.807, 2.05) is 18.2 Å². The molecule has 0 saturated carbocycles. The lowest BCUT2D eigenvalue weighted by atomic mass is 9.83. The van der Waals surface area contributed by atoms with Gasteiger partial charge in [0.15, 0.2) is 5.60 Å². The number of fused-ring (bicyclic) bond motifs is 1. The maximum absolute atomic E-state index is 12.0. The Morgan fingerprint density at radius 1 is 1.28 bits per heavy atom. The summed E-state index contributed by atoms with van der Waals surface area (Å²) in [4.78, 5) is 23.7. The van der Waals surface area contributed by atoms with Gasteiger partial charge in [0.2, 0.25) is 5.78 Å². The fourth-order valence-corrected chi connectivity index (χ4v) is 1.91. The largest absolute Gasteiger partial charge is 0.443 e. The molecule has 1 aliphatic carbocycles. The summed E-state index contributed by atoms with van der Waals surface area (Å²) >= 11 is 0. The van der Waals surface area contributed by atoms with Crippen LogP contribution in [0.3, 0.4) is 0 Å². The van der Waals surface area contributed by atoms with Crippen molar-refractivity contribution in [3.05, 3.63) is 53.6 Å². The van der Waals surface area contributed by atoms with E-state index in [0.717, 1.165) is 5.56 Å². The van der Waals surface area contributed by atoms with Gasteiger partial charge in [0, 0.05) is 11.1 Å². The number of carbonyl (C=O) groups excluding carboxylic acids is 2. The molecule has 0 aliphatic heterocycles. The molecule has 3 nitrogen and oxygen atoms in total. The molecule has 1 aromatic rings. The van der Waals surface area contributed by atoms with E-state index in [0.29, 0.717) is 5.56 Å². The third-order valence-electron chi connectivity index (χ3n) is 3.00. The fraction of sp³-hybridized carbons (Fsp3) is 0.200. The smallest absolute Gasteiger partial charge is 0.334 e. The summed E-state index contributed by atoms with van der Waals surface area (Å²) in [7, 11) is 0. The van der Waals surface area contributed by atoms with Crippen molar-refractivity contribution in [1.29, 1.82) is 0 Å². The zero-order chi connectivity index (χ0) is 13.3. The van der Waals surface area contributed by atoms with Crippen molar-refractivity contribution < 1.29 is 14.3 Å². The molecular weight excluding hydrogens is 228 g/mol. The fourth-order valence-electron chi connectivity index (χ4n) is 1.91. The first-order valence-electron chi connectivity index (χ1n) is 5.66. The molecule has 1 unspecified atom stereocenters. The third kappa shape index (κ3) is 1.88. The average molecular weight is 242 g/mol. The maximum atomic E-state index is 12.0. The van der Waals surface area contributed by atoms with Gasteiger partial charge in [-0.1, -0.05) is 36.9 Å². The molecule has 92 valence electrons. The van der Waals surface area contributed by atoms with E-state index in [2.05, 4.69) is 6.58 Å². The van der Waals surface area contributed by atoms with Crippen molar-refractivity contribution >= 4 is 17.8 Å². The minimum absolute atomic E-state index is 0.240. The number of ether oxygens (including phenoxy) is 1. The van der Waals surface area contributed by atoms with Crippen LogP contribution in [0.1, 0.15) is 25.0 Å². The molecule has 0 aromatic heterocycles. The lowest BCUT2D eigenvalue weighted by Gasteiger charge is -2.31. The normalized spacial score (nSPS) is 21.3. The molecule has 0 amide bonds. The predicted molar refractivity (Wildman–Crippen MR) is 68.7 cm³/mol. The van der Waals surface area contributed by atoms with Gasteiger partial charge in [-0.15, -0.1) is 0 Å². The van der Waals surface area contributed by atoms with Crippen molar-refractivity contribution in [3.8, 4) is 0 Å². The number of carbonyl (C=O) groups is 2. The van der Waals surface area contributed by atoms with E-state index in [-0.39, 0.29) is 11.4 Å². The summed E-state index contributed by atoms with van der Waals surface area (Å²) in [6.07, 6.45) is 3.17. The highest BCUT2D eigenvalue weighted by molar-refractivity contribution is 6.05. The molecule has 3 heteroatoms. The molecule has 1 aliphatic rings. The molecule has 0 heterocycles. The van der Waals surface area contributed by atoms with Crippen LogP contribution in [0.5, 0.6) is 0 Å². The number of hydrogen-bond acceptors (Lipinski definition) is 3. The maximum Gasteiger partial charge on any atom is 0.334 e. The third-order valence-corrected chi connectivity index (χ3v) is 3.00. The van der Waals surface area contributed by atoms with Gasteiger partial charge in [-0.3, -0.25) is 4.79 Å². The lowest BCUT2D eigenvalue weighted by Crippen LogP contribution is -2.39. The first-order valence-corrected chi connectivity index (χ1v) is 5.66. The Kier molecular flexibility index (Phi) is 2.91. The van der Waals surface area contributed by atoms with Crippen LogP contribution in [0.15, 0.2) is 42.5 Å². The second kappa shape index (κ2) is 4.26. The molecule has 0 fully saturated rings. The van der Waals surface area contributed by atoms with Crippen molar-refractivity contribution in [2.24, 2.45) is 0 Å². The zero-order valence-electron chi connectivity index (χ0n) is 10.4. The molecule has 2 rings (SSSR count). The monoisotopic (exact) mass is 242 g/mol. The Morgan fingerprint density at radius 3 is 2.61 bits per heavy atom. The van der Waals surface area contributed by atoms with E-state index in [1.165, 1.54) is 6.08 Å². The number of rotatable bonds is 2. The molecule has 0 radical (unpaired) electrons. The molecule has 0 N–H and O–H groups in total. The second-order valence-electron chi connectivity index (χ2n) is 4.49. The van der Waals surface area contributed by atoms with Gasteiger partial charge in [0.25, 0.3) is 0 Å². The Balaban J connectivity index is 2.48. The Labute approximate surface area is 106 Å². The minimum Gasteiger partial charge on any atom is -0.443 e. The van der Waals surface area contributed by atoms with Crippen LogP contribution in [0.2, 0.25) is 0 Å². The number of benzene rings is 1. The van der Waals surface area contributed by atoms with Gasteiger partial charge in [-0.25, -0.2) is 4.79 Å². The van der Waals surface area contributed by atoms with Gasteiger partial charge in [-0.05, 0) is 25.5 Å². The number of hydrogen-bond donors (Lipinski definition) is 0. The molecule has 0 bridgehead atoms. The van der Waals surface area contributed by atoms with Gasteiger partial charge in [0.05, 0.1) is 0 Å². The van der Waals surface area contributed by atoms with Crippen molar-refractivity contribution in [2.75, 3.05) is 0 Å². The molecule has 0 saturated heterocycles. The van der Waals surface area contributed by atoms with Gasteiger partial charge in [-0.2, -0.15) is 0 Å². The van der Waals surface area contributed by atoms with E-state index in [9.17, 15) is 9.59 Å². The Morgan fingerprint density at radius 2 is 1.94 bits per heavy atom. The molecule has 1 aromatic carbocycles. The SMILES string of the molecule is C=C(C)C(=O)OC1(C)C(=O)C=Cc2ccccc21. The minimum atomic E-state index is -1.26. The van der Waals surface area contributed by atoms with Crippen molar-refractivity contribution in [2.45, 2.75) is 19.4 Å². The van der Waals surface area contributed by atoms with Gasteiger partial charge < -0.3 is 4.74 Å². The number of esters is 1. The van der Waals surface area contributed by atoms with E-state index < -0.39 is 11.6 Å². The Bertz CT molecular complexity index is 569. The summed E-state index contributed by atoms with van der Waals surface area (Å²) < 4.78 is 5.34. The van der Waals surface area contributed by atoms with E-state index >= 15 is 0 Å². The summed E-state index contributed by atoms with van der Waals surface area (Å²) in [5.41, 5.74) is 0.596. The van der Waals surface area contributed by atoms with Crippen molar-refractivity contribution in [1.82, 2.24) is 0 Å². The van der Waals surface area contributed by atoms with Crippen LogP contribution in [0.4, 0.5) is 0 Å². The first kappa shape index (κ1) is 12.3. The second-order valence-corrected chi connectivity index (χ2v) is 4.49. The van der Waals surface area contributed by atoms with Crippen LogP contribution < -0.4 is 0 Å². The van der Waals surface area contributed by atoms with Crippen LogP contribution >= 0.6 is 0 Å². The molecular formula is C15H14O3.